The zero-order valence-electron chi connectivity index (χ0n) is 9.97. The number of hydrogen-bond acceptors (Lipinski definition) is 4. The lowest BCUT2D eigenvalue weighted by Gasteiger charge is -2.10. The van der Waals surface area contributed by atoms with Crippen molar-refractivity contribution < 1.29 is 0 Å². The predicted molar refractivity (Wildman–Crippen MR) is 81.4 cm³/mol. The minimum absolute atomic E-state index is 0.593. The molecular weight excluding hydrogens is 304 g/mol. The molecule has 0 aliphatic rings. The van der Waals surface area contributed by atoms with Gasteiger partial charge < -0.3 is 11.1 Å². The molecule has 0 bridgehead atoms. The molecule has 0 atom stereocenters. The number of anilines is 3. The average molecular weight is 315 g/mol. The molecule has 2 heterocycles. The number of nitrogens with two attached hydrogens (primary N) is 1. The highest BCUT2D eigenvalue weighted by atomic mass is 79.9. The van der Waals surface area contributed by atoms with Gasteiger partial charge in [0, 0.05) is 27.9 Å². The van der Waals surface area contributed by atoms with Crippen molar-refractivity contribution in [2.75, 3.05) is 11.1 Å². The van der Waals surface area contributed by atoms with Crippen LogP contribution in [-0.2, 0) is 0 Å². The van der Waals surface area contributed by atoms with E-state index in [1.807, 2.05) is 36.4 Å². The van der Waals surface area contributed by atoms with Gasteiger partial charge in [0.2, 0.25) is 0 Å². The molecule has 0 spiro atoms. The van der Waals surface area contributed by atoms with E-state index in [9.17, 15) is 0 Å². The van der Waals surface area contributed by atoms with E-state index < -0.39 is 0 Å². The van der Waals surface area contributed by atoms with Crippen LogP contribution in [-0.4, -0.2) is 9.97 Å². The van der Waals surface area contributed by atoms with Crippen molar-refractivity contribution in [3.05, 3.63) is 53.3 Å². The molecule has 19 heavy (non-hydrogen) atoms. The third-order valence-electron chi connectivity index (χ3n) is 2.78. The molecule has 0 aliphatic heterocycles. The maximum absolute atomic E-state index is 5.94. The Kier molecular flexibility index (Phi) is 3.05. The summed E-state index contributed by atoms with van der Waals surface area (Å²) in [5.41, 5.74) is 8.41. The Hall–Kier alpha value is -2.14. The quantitative estimate of drug-likeness (QED) is 0.756. The van der Waals surface area contributed by atoms with E-state index in [1.54, 1.807) is 12.4 Å². The number of nitrogens with one attached hydrogen (secondary N) is 1. The lowest BCUT2D eigenvalue weighted by atomic mass is 10.2. The van der Waals surface area contributed by atoms with Crippen molar-refractivity contribution in [2.24, 2.45) is 0 Å². The van der Waals surface area contributed by atoms with Crippen LogP contribution in [0.4, 0.5) is 17.2 Å². The number of nitrogen functional groups attached to an aromatic ring is 1. The van der Waals surface area contributed by atoms with Gasteiger partial charge in [-0.3, -0.25) is 4.98 Å². The van der Waals surface area contributed by atoms with Crippen molar-refractivity contribution >= 4 is 44.0 Å². The van der Waals surface area contributed by atoms with Crippen molar-refractivity contribution in [1.29, 1.82) is 0 Å². The van der Waals surface area contributed by atoms with Crippen LogP contribution < -0.4 is 11.1 Å². The second-order valence-corrected chi connectivity index (χ2v) is 5.01. The Labute approximate surface area is 118 Å². The third-order valence-corrected chi connectivity index (χ3v) is 3.22. The van der Waals surface area contributed by atoms with Crippen LogP contribution in [0, 0.1) is 0 Å². The summed E-state index contributed by atoms with van der Waals surface area (Å²) in [7, 11) is 0. The SMILES string of the molecule is Nc1cc(Br)cnc1Nc1cccc2ncccc12. The fraction of sp³-hybridized carbons (Fsp3) is 0. The molecular formula is C14H11BrN4. The molecule has 3 N–H and O–H groups in total. The standard InChI is InChI=1S/C14H11BrN4/c15-9-7-11(16)14(18-8-9)19-13-5-1-4-12-10(13)3-2-6-17-12/h1-8H,16H2,(H,18,19). The van der Waals surface area contributed by atoms with Crippen LogP contribution in [0.2, 0.25) is 0 Å². The first kappa shape index (κ1) is 11.9. The molecule has 5 heteroatoms. The van der Waals surface area contributed by atoms with Crippen molar-refractivity contribution in [2.45, 2.75) is 0 Å². The second-order valence-electron chi connectivity index (χ2n) is 4.09. The summed E-state index contributed by atoms with van der Waals surface area (Å²) in [5, 5.41) is 4.28. The molecule has 0 fully saturated rings. The molecule has 0 saturated carbocycles. The smallest absolute Gasteiger partial charge is 0.153 e. The highest BCUT2D eigenvalue weighted by Gasteiger charge is 2.05. The van der Waals surface area contributed by atoms with E-state index in [0.29, 0.717) is 11.5 Å². The lowest BCUT2D eigenvalue weighted by Crippen LogP contribution is -1.99. The number of benzene rings is 1. The zero-order valence-corrected chi connectivity index (χ0v) is 11.6. The van der Waals surface area contributed by atoms with Gasteiger partial charge in [-0.2, -0.15) is 0 Å². The Morgan fingerprint density at radius 3 is 2.84 bits per heavy atom. The number of rotatable bonds is 2. The summed E-state index contributed by atoms with van der Waals surface area (Å²) in [5.74, 6) is 0.638. The summed E-state index contributed by atoms with van der Waals surface area (Å²) in [6.07, 6.45) is 3.49. The topological polar surface area (TPSA) is 63.8 Å². The van der Waals surface area contributed by atoms with Gasteiger partial charge in [0.05, 0.1) is 11.2 Å². The van der Waals surface area contributed by atoms with Gasteiger partial charge in [0.25, 0.3) is 0 Å². The van der Waals surface area contributed by atoms with Crippen molar-refractivity contribution in [3.8, 4) is 0 Å². The summed E-state index contributed by atoms with van der Waals surface area (Å²) >= 11 is 3.34. The van der Waals surface area contributed by atoms with E-state index in [4.69, 9.17) is 5.73 Å². The number of pyridine rings is 2. The molecule has 0 radical (unpaired) electrons. The van der Waals surface area contributed by atoms with Crippen molar-refractivity contribution in [1.82, 2.24) is 9.97 Å². The fourth-order valence-corrected chi connectivity index (χ4v) is 2.25. The van der Waals surface area contributed by atoms with E-state index in [-0.39, 0.29) is 0 Å². The van der Waals surface area contributed by atoms with Gasteiger partial charge in [-0.05, 0) is 46.3 Å². The first-order valence-corrected chi connectivity index (χ1v) is 6.55. The van der Waals surface area contributed by atoms with Crippen LogP contribution in [0.25, 0.3) is 10.9 Å². The van der Waals surface area contributed by atoms with Gasteiger partial charge >= 0.3 is 0 Å². The minimum atomic E-state index is 0.593. The zero-order chi connectivity index (χ0) is 13.2. The van der Waals surface area contributed by atoms with Crippen LogP contribution in [0.3, 0.4) is 0 Å². The first-order chi connectivity index (χ1) is 9.24. The molecule has 0 saturated heterocycles. The molecule has 3 aromatic rings. The largest absolute Gasteiger partial charge is 0.396 e. The van der Waals surface area contributed by atoms with E-state index in [2.05, 4.69) is 31.2 Å². The number of hydrogen-bond donors (Lipinski definition) is 2. The Balaban J connectivity index is 2.06. The summed E-state index contributed by atoms with van der Waals surface area (Å²) < 4.78 is 0.857. The maximum Gasteiger partial charge on any atom is 0.153 e. The average Bonchev–Trinajstić information content (AvgIpc) is 2.42. The molecule has 94 valence electrons. The number of halogens is 1. The molecule has 0 unspecified atom stereocenters. The normalized spacial score (nSPS) is 10.6. The number of fused-ring (bicyclic) bond motifs is 1. The molecule has 0 aliphatic carbocycles. The number of aromatic nitrogens is 2. The van der Waals surface area contributed by atoms with Gasteiger partial charge in [0.15, 0.2) is 5.82 Å². The van der Waals surface area contributed by atoms with E-state index >= 15 is 0 Å². The molecule has 4 nitrogen and oxygen atoms in total. The van der Waals surface area contributed by atoms with Gasteiger partial charge in [0.1, 0.15) is 0 Å². The summed E-state index contributed by atoms with van der Waals surface area (Å²) in [6.45, 7) is 0. The van der Waals surface area contributed by atoms with Crippen LogP contribution >= 0.6 is 15.9 Å². The number of nitrogens with zero attached hydrogens (tertiary/aromatic N) is 2. The molecule has 2 aromatic heterocycles. The van der Waals surface area contributed by atoms with Crippen LogP contribution in [0.5, 0.6) is 0 Å². The molecule has 1 aromatic carbocycles. The van der Waals surface area contributed by atoms with Crippen LogP contribution in [0.15, 0.2) is 53.3 Å². The second kappa shape index (κ2) is 4.85. The van der Waals surface area contributed by atoms with E-state index in [1.165, 1.54) is 0 Å². The highest BCUT2D eigenvalue weighted by molar-refractivity contribution is 9.10. The predicted octanol–water partition coefficient (Wildman–Crippen LogP) is 3.72. The van der Waals surface area contributed by atoms with E-state index in [0.717, 1.165) is 21.1 Å². The maximum atomic E-state index is 5.94. The van der Waals surface area contributed by atoms with Gasteiger partial charge in [-0.1, -0.05) is 6.07 Å². The Bertz CT molecular complexity index is 737. The Morgan fingerprint density at radius 2 is 2.00 bits per heavy atom. The summed E-state index contributed by atoms with van der Waals surface area (Å²) in [4.78, 5) is 8.60. The minimum Gasteiger partial charge on any atom is -0.396 e. The molecule has 3 rings (SSSR count). The summed E-state index contributed by atoms with van der Waals surface area (Å²) in [6, 6.07) is 11.6. The lowest BCUT2D eigenvalue weighted by molar-refractivity contribution is 1.30. The third kappa shape index (κ3) is 2.37. The molecule has 0 amide bonds. The highest BCUT2D eigenvalue weighted by Crippen LogP contribution is 2.27. The monoisotopic (exact) mass is 314 g/mol. The van der Waals surface area contributed by atoms with Gasteiger partial charge in [-0.15, -0.1) is 0 Å². The fourth-order valence-electron chi connectivity index (χ4n) is 1.90. The van der Waals surface area contributed by atoms with Gasteiger partial charge in [-0.25, -0.2) is 4.98 Å². The Morgan fingerprint density at radius 1 is 1.11 bits per heavy atom. The first-order valence-electron chi connectivity index (χ1n) is 5.76. The van der Waals surface area contributed by atoms with Crippen molar-refractivity contribution in [3.63, 3.8) is 0 Å². The van der Waals surface area contributed by atoms with Crippen LogP contribution in [0.1, 0.15) is 0 Å².